The molecule has 2 atom stereocenters. The minimum atomic E-state index is -3.89. The third kappa shape index (κ3) is 3.59. The molecule has 4 aromatic heterocycles. The van der Waals surface area contributed by atoms with Crippen LogP contribution in [0.25, 0.3) is 33.0 Å². The van der Waals surface area contributed by atoms with Gasteiger partial charge in [0.15, 0.2) is 5.03 Å². The van der Waals surface area contributed by atoms with E-state index >= 15 is 0 Å². The van der Waals surface area contributed by atoms with Gasteiger partial charge in [-0.25, -0.2) is 28.1 Å². The van der Waals surface area contributed by atoms with Crippen molar-refractivity contribution < 1.29 is 8.42 Å². The Kier molecular flexibility index (Phi) is 4.58. The maximum Gasteiger partial charge on any atom is 0.259 e. The van der Waals surface area contributed by atoms with Crippen LogP contribution in [0.3, 0.4) is 0 Å². The van der Waals surface area contributed by atoms with E-state index in [1.165, 1.54) is 23.7 Å². The lowest BCUT2D eigenvalue weighted by Gasteiger charge is -2.10. The zero-order valence-corrected chi connectivity index (χ0v) is 18.0. The highest BCUT2D eigenvalue weighted by atomic mass is 32.2. The predicted molar refractivity (Wildman–Crippen MR) is 115 cm³/mol. The lowest BCUT2D eigenvalue weighted by atomic mass is 10.1. The van der Waals surface area contributed by atoms with Crippen LogP contribution in [0.15, 0.2) is 47.3 Å². The van der Waals surface area contributed by atoms with Crippen molar-refractivity contribution in [1.29, 1.82) is 5.26 Å². The van der Waals surface area contributed by atoms with E-state index in [4.69, 9.17) is 0 Å². The molecule has 0 spiro atoms. The number of hydrogen-bond acceptors (Lipinski definition) is 8. The summed E-state index contributed by atoms with van der Waals surface area (Å²) in [7, 11) is -3.89. The van der Waals surface area contributed by atoms with E-state index in [1.54, 1.807) is 12.4 Å². The molecule has 0 saturated heterocycles. The van der Waals surface area contributed by atoms with E-state index in [9.17, 15) is 13.7 Å². The van der Waals surface area contributed by atoms with E-state index in [-0.39, 0.29) is 17.5 Å². The van der Waals surface area contributed by atoms with Crippen LogP contribution in [-0.4, -0.2) is 39.9 Å². The van der Waals surface area contributed by atoms with Crippen molar-refractivity contribution in [3.63, 3.8) is 0 Å². The average Bonchev–Trinajstić information content (AvgIpc) is 3.16. The van der Waals surface area contributed by atoms with Gasteiger partial charge in [-0.1, -0.05) is 6.92 Å². The van der Waals surface area contributed by atoms with Crippen molar-refractivity contribution in [2.75, 3.05) is 6.54 Å². The minimum absolute atomic E-state index is 0.0648. The Balaban J connectivity index is 1.43. The van der Waals surface area contributed by atoms with Crippen LogP contribution in [0.2, 0.25) is 0 Å². The number of aromatic amines is 1. The standard InChI is InChI=1S/C20H17N7O2S2/c1-12-6-20(12,10-21)11-25-31(28,29)17-9-22-8-16(26-17)14-4-13-5-15(19-23-2-3-30-19)27-18(13)24-7-14/h2-5,7-9,12,25H,6,11H2,1H3,(H,24,27). The van der Waals surface area contributed by atoms with E-state index in [1.807, 2.05) is 24.4 Å². The molecule has 4 aromatic rings. The van der Waals surface area contributed by atoms with Gasteiger partial charge < -0.3 is 4.98 Å². The van der Waals surface area contributed by atoms with E-state index in [0.29, 0.717) is 23.3 Å². The van der Waals surface area contributed by atoms with Gasteiger partial charge in [0.25, 0.3) is 10.0 Å². The molecule has 4 heterocycles. The molecule has 2 N–H and O–H groups in total. The normalized spacial score (nSPS) is 20.6. The van der Waals surface area contributed by atoms with Crippen molar-refractivity contribution in [2.45, 2.75) is 18.4 Å². The Labute approximate surface area is 182 Å². The molecule has 11 heteroatoms. The van der Waals surface area contributed by atoms with Crippen LogP contribution in [0, 0.1) is 22.7 Å². The molecule has 156 valence electrons. The minimum Gasteiger partial charge on any atom is -0.337 e. The molecule has 0 bridgehead atoms. The van der Waals surface area contributed by atoms with Crippen molar-refractivity contribution in [3.8, 4) is 28.0 Å². The molecule has 0 aliphatic heterocycles. The highest BCUT2D eigenvalue weighted by Gasteiger charge is 2.52. The monoisotopic (exact) mass is 451 g/mol. The molecule has 2 unspecified atom stereocenters. The first kappa shape index (κ1) is 19.7. The van der Waals surface area contributed by atoms with Gasteiger partial charge in [0.2, 0.25) is 0 Å². The lowest BCUT2D eigenvalue weighted by molar-refractivity contribution is 0.544. The zero-order valence-electron chi connectivity index (χ0n) is 16.4. The lowest BCUT2D eigenvalue weighted by Crippen LogP contribution is -2.31. The van der Waals surface area contributed by atoms with Gasteiger partial charge in [-0.2, -0.15) is 5.26 Å². The molecule has 9 nitrogen and oxygen atoms in total. The van der Waals surface area contributed by atoms with Crippen molar-refractivity contribution in [2.24, 2.45) is 11.3 Å². The first-order valence-electron chi connectivity index (χ1n) is 9.52. The Morgan fingerprint density at radius 3 is 2.87 bits per heavy atom. The molecular weight excluding hydrogens is 434 g/mol. The Hall–Kier alpha value is -3.20. The van der Waals surface area contributed by atoms with Crippen molar-refractivity contribution in [1.82, 2.24) is 29.6 Å². The smallest absolute Gasteiger partial charge is 0.259 e. The molecule has 0 aromatic carbocycles. The number of hydrogen-bond donors (Lipinski definition) is 2. The van der Waals surface area contributed by atoms with E-state index in [2.05, 4.69) is 35.7 Å². The average molecular weight is 452 g/mol. The van der Waals surface area contributed by atoms with E-state index < -0.39 is 15.4 Å². The number of thiazole rings is 1. The second-order valence-electron chi connectivity index (χ2n) is 7.62. The van der Waals surface area contributed by atoms with Gasteiger partial charge in [-0.15, -0.1) is 11.3 Å². The first-order valence-corrected chi connectivity index (χ1v) is 11.9. The van der Waals surface area contributed by atoms with Gasteiger partial charge in [0.1, 0.15) is 10.7 Å². The van der Waals surface area contributed by atoms with E-state index in [0.717, 1.165) is 16.1 Å². The molecule has 5 rings (SSSR count). The van der Waals surface area contributed by atoms with Crippen LogP contribution in [-0.2, 0) is 10.0 Å². The highest BCUT2D eigenvalue weighted by Crippen LogP contribution is 2.51. The van der Waals surface area contributed by atoms with Crippen LogP contribution >= 0.6 is 11.3 Å². The maximum atomic E-state index is 12.7. The Bertz CT molecular complexity index is 1420. The summed E-state index contributed by atoms with van der Waals surface area (Å²) in [6.45, 7) is 2.00. The fraction of sp³-hybridized carbons (Fsp3) is 0.250. The molecular formula is C20H17N7O2S2. The summed E-state index contributed by atoms with van der Waals surface area (Å²) < 4.78 is 27.9. The van der Waals surface area contributed by atoms with Crippen LogP contribution in [0.1, 0.15) is 13.3 Å². The third-order valence-corrected chi connectivity index (χ3v) is 7.65. The van der Waals surface area contributed by atoms with Gasteiger partial charge in [0, 0.05) is 35.3 Å². The molecule has 1 aliphatic carbocycles. The molecule has 1 saturated carbocycles. The molecule has 31 heavy (non-hydrogen) atoms. The Morgan fingerprint density at radius 2 is 2.16 bits per heavy atom. The predicted octanol–water partition coefficient (Wildman–Crippen LogP) is 2.97. The quantitative estimate of drug-likeness (QED) is 0.460. The number of H-pyrrole nitrogens is 1. The molecule has 1 fully saturated rings. The highest BCUT2D eigenvalue weighted by molar-refractivity contribution is 7.89. The second kappa shape index (κ2) is 7.19. The van der Waals surface area contributed by atoms with Crippen molar-refractivity contribution >= 4 is 32.4 Å². The molecule has 0 amide bonds. The zero-order chi connectivity index (χ0) is 21.6. The number of fused-ring (bicyclic) bond motifs is 1. The number of aromatic nitrogens is 5. The second-order valence-corrected chi connectivity index (χ2v) is 10.2. The number of rotatable bonds is 6. The fourth-order valence-corrected chi connectivity index (χ4v) is 5.09. The van der Waals surface area contributed by atoms with Crippen molar-refractivity contribution in [3.05, 3.63) is 42.3 Å². The van der Waals surface area contributed by atoms with Gasteiger partial charge >= 0.3 is 0 Å². The van der Waals surface area contributed by atoms with Crippen LogP contribution in [0.4, 0.5) is 0 Å². The maximum absolute atomic E-state index is 12.7. The summed E-state index contributed by atoms with van der Waals surface area (Å²) in [5.41, 5.74) is 1.97. The summed E-state index contributed by atoms with van der Waals surface area (Å²) in [6.07, 6.45) is 6.74. The SMILES string of the molecule is CC1CC1(C#N)CNS(=O)(=O)c1cncc(-c2cnc3[nH]c(-c4nccs4)cc3c2)n1. The Morgan fingerprint density at radius 1 is 1.32 bits per heavy atom. The third-order valence-electron chi connectivity index (χ3n) is 5.57. The summed E-state index contributed by atoms with van der Waals surface area (Å²) in [5.74, 6) is 0.172. The summed E-state index contributed by atoms with van der Waals surface area (Å²) in [5, 5.41) is 12.7. The molecule has 0 radical (unpaired) electrons. The fourth-order valence-electron chi connectivity index (χ4n) is 3.47. The van der Waals surface area contributed by atoms with Gasteiger partial charge in [0.05, 0.1) is 35.3 Å². The largest absolute Gasteiger partial charge is 0.337 e. The van der Waals surface area contributed by atoms with Gasteiger partial charge in [-0.3, -0.25) is 4.98 Å². The number of sulfonamides is 1. The number of nitrogens with one attached hydrogen (secondary N) is 2. The van der Waals surface area contributed by atoms with Crippen LogP contribution in [0.5, 0.6) is 0 Å². The first-order chi connectivity index (χ1) is 14.9. The summed E-state index contributed by atoms with van der Waals surface area (Å²) in [4.78, 5) is 20.3. The summed E-state index contributed by atoms with van der Waals surface area (Å²) >= 11 is 1.52. The number of nitriles is 1. The molecule has 1 aliphatic rings. The number of pyridine rings is 1. The topological polar surface area (TPSA) is 137 Å². The van der Waals surface area contributed by atoms with Crippen LogP contribution < -0.4 is 4.72 Å². The summed E-state index contributed by atoms with van der Waals surface area (Å²) in [6, 6.07) is 6.03. The number of nitrogens with zero attached hydrogens (tertiary/aromatic N) is 5. The van der Waals surface area contributed by atoms with Gasteiger partial charge in [-0.05, 0) is 24.5 Å².